The van der Waals surface area contributed by atoms with E-state index in [1.54, 1.807) is 0 Å². The van der Waals surface area contributed by atoms with Crippen molar-refractivity contribution in [3.8, 4) is 0 Å². The van der Waals surface area contributed by atoms with Crippen LogP contribution in [0, 0.1) is 0 Å². The summed E-state index contributed by atoms with van der Waals surface area (Å²) in [5.74, 6) is -0.0575. The quantitative estimate of drug-likeness (QED) is 0.417. The molecule has 1 fully saturated rings. The summed E-state index contributed by atoms with van der Waals surface area (Å²) in [5.41, 5.74) is 5.89. The zero-order chi connectivity index (χ0) is 24.2. The van der Waals surface area contributed by atoms with Gasteiger partial charge in [0.1, 0.15) is 0 Å². The molecule has 0 unspecified atom stereocenters. The summed E-state index contributed by atoms with van der Waals surface area (Å²) >= 11 is 0. The lowest BCUT2D eigenvalue weighted by molar-refractivity contribution is -0.252. The monoisotopic (exact) mass is 471 g/mol. The second kappa shape index (κ2) is 10.4. The number of carbonyl (C=O) groups is 1. The first kappa shape index (κ1) is 23.2. The predicted octanol–water partition coefficient (Wildman–Crippen LogP) is 4.41. The standard InChI is InChI=1S/C28H29N3O4/c1-19(33)29-15-20-6-12-23(13-7-20)28-34-24(16-31-18-30-25-4-2-3-5-26(25)31)14-27(35-28)22-10-8-21(17-32)9-11-22/h2-13,18,24,27-28,32H,14-17H2,1H3,(H,29,33)/t24-,27+,28+/m0/s1. The van der Waals surface area contributed by atoms with E-state index in [2.05, 4.69) is 20.9 Å². The zero-order valence-corrected chi connectivity index (χ0v) is 19.6. The summed E-state index contributed by atoms with van der Waals surface area (Å²) < 4.78 is 15.0. The minimum atomic E-state index is -0.527. The van der Waals surface area contributed by atoms with Crippen LogP contribution in [0.2, 0.25) is 0 Å². The summed E-state index contributed by atoms with van der Waals surface area (Å²) in [7, 11) is 0. The van der Waals surface area contributed by atoms with Crippen molar-refractivity contribution in [2.75, 3.05) is 0 Å². The number of aliphatic hydroxyl groups excluding tert-OH is 1. The lowest BCUT2D eigenvalue weighted by Gasteiger charge is -2.36. The van der Waals surface area contributed by atoms with Crippen molar-refractivity contribution >= 4 is 16.9 Å². The Kier molecular flexibility index (Phi) is 6.90. The highest BCUT2D eigenvalue weighted by Gasteiger charge is 2.32. The molecule has 1 aromatic heterocycles. The van der Waals surface area contributed by atoms with Gasteiger partial charge in [-0.3, -0.25) is 4.79 Å². The first-order valence-electron chi connectivity index (χ1n) is 11.8. The van der Waals surface area contributed by atoms with Crippen molar-refractivity contribution < 1.29 is 19.4 Å². The van der Waals surface area contributed by atoms with Crippen LogP contribution in [0.3, 0.4) is 0 Å². The Balaban J connectivity index is 1.39. The van der Waals surface area contributed by atoms with E-state index in [-0.39, 0.29) is 24.7 Å². The number of fused-ring (bicyclic) bond motifs is 1. The van der Waals surface area contributed by atoms with Gasteiger partial charge in [0.2, 0.25) is 5.91 Å². The number of nitrogens with zero attached hydrogens (tertiary/aromatic N) is 2. The van der Waals surface area contributed by atoms with Crippen molar-refractivity contribution in [1.29, 1.82) is 0 Å². The SMILES string of the molecule is CC(=O)NCc1ccc([C@@H]2O[C@H](Cn3cnc4ccccc43)C[C@H](c3ccc(CO)cc3)O2)cc1. The van der Waals surface area contributed by atoms with E-state index >= 15 is 0 Å². The average Bonchev–Trinajstić information content (AvgIpc) is 3.30. The molecule has 0 spiro atoms. The molecule has 180 valence electrons. The number of carbonyl (C=O) groups excluding carboxylic acids is 1. The molecule has 35 heavy (non-hydrogen) atoms. The molecule has 1 saturated heterocycles. The van der Waals surface area contributed by atoms with Gasteiger partial charge in [-0.05, 0) is 28.8 Å². The molecule has 1 aliphatic rings. The van der Waals surface area contributed by atoms with Gasteiger partial charge in [0.05, 0.1) is 42.7 Å². The highest BCUT2D eigenvalue weighted by atomic mass is 16.7. The van der Waals surface area contributed by atoms with E-state index in [9.17, 15) is 9.90 Å². The molecule has 5 rings (SSSR count). The smallest absolute Gasteiger partial charge is 0.217 e. The van der Waals surface area contributed by atoms with Crippen molar-refractivity contribution in [2.45, 2.75) is 51.5 Å². The van der Waals surface area contributed by atoms with Gasteiger partial charge in [0.25, 0.3) is 0 Å². The molecule has 1 aliphatic heterocycles. The topological polar surface area (TPSA) is 85.6 Å². The summed E-state index contributed by atoms with van der Waals surface area (Å²) in [4.78, 5) is 15.7. The molecule has 0 saturated carbocycles. The Bertz CT molecular complexity index is 1280. The van der Waals surface area contributed by atoms with Gasteiger partial charge in [0.15, 0.2) is 6.29 Å². The second-order valence-corrected chi connectivity index (χ2v) is 8.89. The van der Waals surface area contributed by atoms with Gasteiger partial charge in [-0.15, -0.1) is 0 Å². The predicted molar refractivity (Wildman–Crippen MR) is 132 cm³/mol. The van der Waals surface area contributed by atoms with E-state index in [0.29, 0.717) is 19.5 Å². The number of imidazole rings is 1. The third-order valence-corrected chi connectivity index (χ3v) is 6.34. The fourth-order valence-electron chi connectivity index (χ4n) is 4.43. The summed E-state index contributed by atoms with van der Waals surface area (Å²) in [6.07, 6.45) is 1.79. The molecule has 2 heterocycles. The Labute approximate surface area is 204 Å². The molecular weight excluding hydrogens is 442 g/mol. The summed E-state index contributed by atoms with van der Waals surface area (Å²) in [5, 5.41) is 12.2. The number of aromatic nitrogens is 2. The van der Waals surface area contributed by atoms with Gasteiger partial charge < -0.3 is 24.5 Å². The van der Waals surface area contributed by atoms with Gasteiger partial charge in [-0.1, -0.05) is 60.7 Å². The number of nitrogens with one attached hydrogen (secondary N) is 1. The first-order valence-corrected chi connectivity index (χ1v) is 11.8. The molecular formula is C28H29N3O4. The van der Waals surface area contributed by atoms with Crippen LogP contribution in [-0.4, -0.2) is 26.7 Å². The minimum Gasteiger partial charge on any atom is -0.392 e. The number of hydrogen-bond donors (Lipinski definition) is 2. The Hall–Kier alpha value is -3.52. The molecule has 7 heteroatoms. The molecule has 3 atom stereocenters. The Morgan fingerprint density at radius 1 is 1.00 bits per heavy atom. The van der Waals surface area contributed by atoms with Crippen LogP contribution in [0.1, 0.15) is 48.0 Å². The van der Waals surface area contributed by atoms with Gasteiger partial charge in [-0.25, -0.2) is 4.98 Å². The zero-order valence-electron chi connectivity index (χ0n) is 19.6. The number of hydrogen-bond acceptors (Lipinski definition) is 5. The summed E-state index contributed by atoms with van der Waals surface area (Å²) in [6, 6.07) is 23.9. The van der Waals surface area contributed by atoms with Gasteiger partial charge >= 0.3 is 0 Å². The molecule has 0 radical (unpaired) electrons. The second-order valence-electron chi connectivity index (χ2n) is 8.89. The molecule has 0 aliphatic carbocycles. The minimum absolute atomic E-state index is 0.0126. The molecule has 7 nitrogen and oxygen atoms in total. The third-order valence-electron chi connectivity index (χ3n) is 6.34. The number of para-hydroxylation sites is 2. The summed E-state index contributed by atoms with van der Waals surface area (Å²) in [6.45, 7) is 2.66. The Morgan fingerprint density at radius 3 is 2.46 bits per heavy atom. The van der Waals surface area contributed by atoms with E-state index in [4.69, 9.17) is 9.47 Å². The number of rotatable bonds is 7. The lowest BCUT2D eigenvalue weighted by atomic mass is 9.99. The first-order chi connectivity index (χ1) is 17.1. The fourth-order valence-corrected chi connectivity index (χ4v) is 4.43. The number of aliphatic hydroxyl groups is 1. The fraction of sp³-hybridized carbons (Fsp3) is 0.286. The molecule has 3 aromatic carbocycles. The van der Waals surface area contributed by atoms with E-state index in [0.717, 1.165) is 33.3 Å². The normalized spacial score (nSPS) is 20.1. The van der Waals surface area contributed by atoms with Crippen LogP contribution in [0.5, 0.6) is 0 Å². The maximum absolute atomic E-state index is 11.2. The van der Waals surface area contributed by atoms with Gasteiger partial charge in [-0.2, -0.15) is 0 Å². The van der Waals surface area contributed by atoms with Crippen molar-refractivity contribution in [3.05, 3.63) is 101 Å². The number of ether oxygens (including phenoxy) is 2. The third kappa shape index (κ3) is 5.43. The van der Waals surface area contributed by atoms with E-state index in [1.165, 1.54) is 6.92 Å². The van der Waals surface area contributed by atoms with E-state index in [1.807, 2.05) is 73.1 Å². The van der Waals surface area contributed by atoms with Crippen LogP contribution in [0.15, 0.2) is 79.1 Å². The van der Waals surface area contributed by atoms with Crippen molar-refractivity contribution in [1.82, 2.24) is 14.9 Å². The van der Waals surface area contributed by atoms with Gasteiger partial charge in [0, 0.05) is 25.5 Å². The van der Waals surface area contributed by atoms with Crippen LogP contribution >= 0.6 is 0 Å². The van der Waals surface area contributed by atoms with Crippen LogP contribution in [-0.2, 0) is 34.0 Å². The lowest BCUT2D eigenvalue weighted by Crippen LogP contribution is -2.32. The highest BCUT2D eigenvalue weighted by Crippen LogP contribution is 2.38. The van der Waals surface area contributed by atoms with Crippen LogP contribution in [0.25, 0.3) is 11.0 Å². The maximum atomic E-state index is 11.2. The largest absolute Gasteiger partial charge is 0.392 e. The maximum Gasteiger partial charge on any atom is 0.217 e. The van der Waals surface area contributed by atoms with Crippen molar-refractivity contribution in [2.24, 2.45) is 0 Å². The number of benzene rings is 3. The average molecular weight is 472 g/mol. The highest BCUT2D eigenvalue weighted by molar-refractivity contribution is 5.75. The van der Waals surface area contributed by atoms with E-state index < -0.39 is 6.29 Å². The number of amides is 1. The van der Waals surface area contributed by atoms with Crippen LogP contribution in [0.4, 0.5) is 0 Å². The molecule has 1 amide bonds. The molecule has 2 N–H and O–H groups in total. The van der Waals surface area contributed by atoms with Crippen molar-refractivity contribution in [3.63, 3.8) is 0 Å². The van der Waals surface area contributed by atoms with Crippen LogP contribution < -0.4 is 5.32 Å². The Morgan fingerprint density at radius 2 is 1.71 bits per heavy atom. The molecule has 4 aromatic rings. The molecule has 0 bridgehead atoms.